The monoisotopic (exact) mass is 381 g/mol. The summed E-state index contributed by atoms with van der Waals surface area (Å²) in [5, 5.41) is 4.12. The summed E-state index contributed by atoms with van der Waals surface area (Å²) in [6.45, 7) is 1.54. The Bertz CT molecular complexity index is 983. The van der Waals surface area contributed by atoms with Crippen LogP contribution < -0.4 is 9.47 Å². The molecule has 0 amide bonds. The van der Waals surface area contributed by atoms with Gasteiger partial charge in [0.1, 0.15) is 5.69 Å². The number of nitrogens with zero attached hydrogens (tertiary/aromatic N) is 3. The van der Waals surface area contributed by atoms with Crippen LogP contribution in [0.15, 0.2) is 24.3 Å². The molecule has 144 valence electrons. The third kappa shape index (κ3) is 3.42. The molecule has 27 heavy (non-hydrogen) atoms. The maximum absolute atomic E-state index is 13.5. The van der Waals surface area contributed by atoms with Crippen LogP contribution in [-0.4, -0.2) is 35.9 Å². The van der Waals surface area contributed by atoms with Crippen molar-refractivity contribution in [3.05, 3.63) is 41.3 Å². The molecular weight excluding hydrogens is 363 g/mol. The predicted octanol–water partition coefficient (Wildman–Crippen LogP) is 3.89. The standard InChI is InChI=1S/C18H18F3N3O3/c1-10-7-15(18(19,20)21)24-17(22-10)16(12(23-24)9-25-2)11-5-6-13(26-3)14(8-11)27-4/h5-8H,9H2,1-4H3. The van der Waals surface area contributed by atoms with Crippen LogP contribution in [0.3, 0.4) is 0 Å². The summed E-state index contributed by atoms with van der Waals surface area (Å²) in [6, 6.07) is 6.03. The van der Waals surface area contributed by atoms with E-state index in [0.717, 1.165) is 10.6 Å². The summed E-state index contributed by atoms with van der Waals surface area (Å²) in [4.78, 5) is 4.30. The van der Waals surface area contributed by atoms with Crippen molar-refractivity contribution in [3.63, 3.8) is 0 Å². The first-order valence-corrected chi connectivity index (χ1v) is 7.98. The molecule has 6 nitrogen and oxygen atoms in total. The van der Waals surface area contributed by atoms with Gasteiger partial charge in [-0.05, 0) is 30.7 Å². The van der Waals surface area contributed by atoms with E-state index < -0.39 is 11.9 Å². The number of methoxy groups -OCH3 is 3. The highest BCUT2D eigenvalue weighted by atomic mass is 19.4. The van der Waals surface area contributed by atoms with E-state index in [1.807, 2.05) is 0 Å². The molecule has 0 spiro atoms. The van der Waals surface area contributed by atoms with Crippen LogP contribution in [0.25, 0.3) is 16.8 Å². The summed E-state index contributed by atoms with van der Waals surface area (Å²) < 4.78 is 56.9. The second-order valence-electron chi connectivity index (χ2n) is 5.84. The Morgan fingerprint density at radius 2 is 1.74 bits per heavy atom. The number of hydrogen-bond acceptors (Lipinski definition) is 5. The quantitative estimate of drug-likeness (QED) is 0.671. The minimum Gasteiger partial charge on any atom is -0.493 e. The van der Waals surface area contributed by atoms with Gasteiger partial charge in [-0.25, -0.2) is 9.50 Å². The fourth-order valence-corrected chi connectivity index (χ4v) is 2.91. The van der Waals surface area contributed by atoms with Crippen molar-refractivity contribution in [2.24, 2.45) is 0 Å². The number of ether oxygens (including phenoxy) is 3. The Kier molecular flexibility index (Phi) is 4.97. The molecule has 3 rings (SSSR count). The first kappa shape index (κ1) is 19.0. The van der Waals surface area contributed by atoms with Crippen molar-refractivity contribution < 1.29 is 27.4 Å². The van der Waals surface area contributed by atoms with E-state index in [9.17, 15) is 13.2 Å². The van der Waals surface area contributed by atoms with Gasteiger partial charge in [-0.1, -0.05) is 6.07 Å². The van der Waals surface area contributed by atoms with Gasteiger partial charge in [-0.2, -0.15) is 18.3 Å². The Labute approximate surface area is 153 Å². The van der Waals surface area contributed by atoms with Gasteiger partial charge in [0.15, 0.2) is 17.1 Å². The number of halogens is 3. The van der Waals surface area contributed by atoms with E-state index in [2.05, 4.69) is 10.1 Å². The van der Waals surface area contributed by atoms with Gasteiger partial charge < -0.3 is 14.2 Å². The average Bonchev–Trinajstić information content (AvgIpc) is 2.97. The Balaban J connectivity index is 2.35. The smallest absolute Gasteiger partial charge is 0.433 e. The number of benzene rings is 1. The normalized spacial score (nSPS) is 11.8. The molecule has 0 radical (unpaired) electrons. The molecule has 0 saturated carbocycles. The number of aromatic nitrogens is 3. The summed E-state index contributed by atoms with van der Waals surface area (Å²) >= 11 is 0. The average molecular weight is 381 g/mol. The molecule has 0 aliphatic heterocycles. The van der Waals surface area contributed by atoms with Crippen molar-refractivity contribution in [3.8, 4) is 22.6 Å². The third-order valence-electron chi connectivity index (χ3n) is 4.03. The van der Waals surface area contributed by atoms with E-state index in [1.165, 1.54) is 28.3 Å². The number of fused-ring (bicyclic) bond motifs is 1. The Morgan fingerprint density at radius 1 is 1.04 bits per heavy atom. The highest BCUT2D eigenvalue weighted by Crippen LogP contribution is 2.37. The van der Waals surface area contributed by atoms with Crippen LogP contribution >= 0.6 is 0 Å². The van der Waals surface area contributed by atoms with Gasteiger partial charge in [0.2, 0.25) is 0 Å². The zero-order valence-electron chi connectivity index (χ0n) is 15.2. The summed E-state index contributed by atoms with van der Waals surface area (Å²) in [5.41, 5.74) is 0.831. The zero-order chi connectivity index (χ0) is 19.8. The molecule has 0 unspecified atom stereocenters. The van der Waals surface area contributed by atoms with Gasteiger partial charge in [0.05, 0.1) is 32.1 Å². The van der Waals surface area contributed by atoms with Gasteiger partial charge in [0.25, 0.3) is 0 Å². The van der Waals surface area contributed by atoms with Crippen LogP contribution in [0.1, 0.15) is 17.1 Å². The van der Waals surface area contributed by atoms with Crippen molar-refractivity contribution in [2.75, 3.05) is 21.3 Å². The number of aryl methyl sites for hydroxylation is 1. The lowest BCUT2D eigenvalue weighted by atomic mass is 10.0. The van der Waals surface area contributed by atoms with E-state index in [4.69, 9.17) is 14.2 Å². The van der Waals surface area contributed by atoms with Gasteiger partial charge in [-0.3, -0.25) is 0 Å². The lowest BCUT2D eigenvalue weighted by Gasteiger charge is -2.11. The molecule has 0 aliphatic carbocycles. The van der Waals surface area contributed by atoms with E-state index in [-0.39, 0.29) is 17.9 Å². The van der Waals surface area contributed by atoms with Crippen molar-refractivity contribution >= 4 is 5.65 Å². The molecule has 1 aromatic carbocycles. The molecule has 2 heterocycles. The SMILES string of the molecule is COCc1nn2c(C(F)(F)F)cc(C)nc2c1-c1ccc(OC)c(OC)c1. The molecule has 0 fully saturated rings. The largest absolute Gasteiger partial charge is 0.493 e. The number of rotatable bonds is 5. The van der Waals surface area contributed by atoms with E-state index in [0.29, 0.717) is 28.3 Å². The Hall–Kier alpha value is -2.81. The first-order valence-electron chi connectivity index (χ1n) is 7.98. The number of hydrogen-bond donors (Lipinski definition) is 0. The third-order valence-corrected chi connectivity index (χ3v) is 4.03. The lowest BCUT2D eigenvalue weighted by molar-refractivity contribution is -0.142. The predicted molar refractivity (Wildman–Crippen MR) is 92.0 cm³/mol. The summed E-state index contributed by atoms with van der Waals surface area (Å²) in [7, 11) is 4.44. The second kappa shape index (κ2) is 7.07. The fourth-order valence-electron chi connectivity index (χ4n) is 2.91. The molecule has 2 aromatic heterocycles. The van der Waals surface area contributed by atoms with E-state index >= 15 is 0 Å². The Morgan fingerprint density at radius 3 is 2.33 bits per heavy atom. The maximum Gasteiger partial charge on any atom is 0.433 e. The van der Waals surface area contributed by atoms with Gasteiger partial charge in [0, 0.05) is 12.8 Å². The minimum atomic E-state index is -4.57. The lowest BCUT2D eigenvalue weighted by Crippen LogP contribution is -2.14. The molecule has 0 bridgehead atoms. The van der Waals surface area contributed by atoms with Crippen LogP contribution in [0.4, 0.5) is 13.2 Å². The zero-order valence-corrected chi connectivity index (χ0v) is 15.2. The fraction of sp³-hybridized carbons (Fsp3) is 0.333. The number of alkyl halides is 3. The van der Waals surface area contributed by atoms with E-state index in [1.54, 1.807) is 18.2 Å². The van der Waals surface area contributed by atoms with Crippen molar-refractivity contribution in [1.82, 2.24) is 14.6 Å². The minimum absolute atomic E-state index is 0.0311. The van der Waals surface area contributed by atoms with Crippen molar-refractivity contribution in [2.45, 2.75) is 19.7 Å². The topological polar surface area (TPSA) is 57.9 Å². The highest BCUT2D eigenvalue weighted by Gasteiger charge is 2.36. The molecule has 0 atom stereocenters. The highest BCUT2D eigenvalue weighted by molar-refractivity contribution is 5.81. The first-order chi connectivity index (χ1) is 12.8. The second-order valence-corrected chi connectivity index (χ2v) is 5.84. The van der Waals surface area contributed by atoms with Crippen LogP contribution in [0.5, 0.6) is 11.5 Å². The molecule has 0 N–H and O–H groups in total. The maximum atomic E-state index is 13.5. The molecule has 3 aromatic rings. The van der Waals surface area contributed by atoms with Gasteiger partial charge in [-0.15, -0.1) is 0 Å². The van der Waals surface area contributed by atoms with Gasteiger partial charge >= 0.3 is 6.18 Å². The molecule has 9 heteroatoms. The molecule has 0 saturated heterocycles. The molecule has 0 aliphatic rings. The summed E-state index contributed by atoms with van der Waals surface area (Å²) in [6.07, 6.45) is -4.57. The van der Waals surface area contributed by atoms with Crippen LogP contribution in [0, 0.1) is 6.92 Å². The molecular formula is C18H18F3N3O3. The van der Waals surface area contributed by atoms with Crippen LogP contribution in [-0.2, 0) is 17.5 Å². The van der Waals surface area contributed by atoms with Crippen molar-refractivity contribution in [1.29, 1.82) is 0 Å². The van der Waals surface area contributed by atoms with Crippen LogP contribution in [0.2, 0.25) is 0 Å². The summed E-state index contributed by atoms with van der Waals surface area (Å²) in [5.74, 6) is 0.951.